The number of nitrogens with zero attached hydrogens (tertiary/aromatic N) is 1. The van der Waals surface area contributed by atoms with E-state index in [-0.39, 0.29) is 23.6 Å². The molecule has 7 heteroatoms. The third-order valence-electron chi connectivity index (χ3n) is 6.27. The molecule has 1 heterocycles. The van der Waals surface area contributed by atoms with E-state index in [1.54, 1.807) is 19.2 Å². The third-order valence-corrected chi connectivity index (χ3v) is 6.27. The number of aryl methyl sites for hydroxylation is 1. The van der Waals surface area contributed by atoms with Crippen LogP contribution in [-0.2, 0) is 20.7 Å². The van der Waals surface area contributed by atoms with Gasteiger partial charge < -0.3 is 20.3 Å². The first-order chi connectivity index (χ1) is 16.5. The van der Waals surface area contributed by atoms with Crippen LogP contribution in [0, 0.1) is 12.8 Å². The molecule has 0 spiro atoms. The number of rotatable bonds is 10. The quantitative estimate of drug-likeness (QED) is 0.528. The van der Waals surface area contributed by atoms with E-state index in [9.17, 15) is 14.4 Å². The number of carbonyl (C=O) groups is 3. The Kier molecular flexibility index (Phi) is 9.64. The minimum atomic E-state index is -0.650. The molecule has 2 N–H and O–H groups in total. The van der Waals surface area contributed by atoms with Crippen LogP contribution in [0.2, 0.25) is 0 Å². The molecule has 3 amide bonds. The smallest absolute Gasteiger partial charge is 0.251 e. The molecule has 3 rings (SSSR count). The summed E-state index contributed by atoms with van der Waals surface area (Å²) in [6.07, 6.45) is 2.39. The van der Waals surface area contributed by atoms with Crippen molar-refractivity contribution in [2.75, 3.05) is 33.4 Å². The maximum atomic E-state index is 13.0. The van der Waals surface area contributed by atoms with Crippen LogP contribution in [0.5, 0.6) is 0 Å². The van der Waals surface area contributed by atoms with Crippen LogP contribution in [0.3, 0.4) is 0 Å². The second-order valence-electron chi connectivity index (χ2n) is 8.84. The molecule has 2 aromatic carbocycles. The summed E-state index contributed by atoms with van der Waals surface area (Å²) in [5.74, 6) is -0.406. The lowest BCUT2D eigenvalue weighted by Gasteiger charge is -2.36. The summed E-state index contributed by atoms with van der Waals surface area (Å²) in [6.45, 7) is 4.15. The van der Waals surface area contributed by atoms with Gasteiger partial charge in [-0.2, -0.15) is 0 Å². The highest BCUT2D eigenvalue weighted by Gasteiger charge is 2.33. The van der Waals surface area contributed by atoms with Crippen molar-refractivity contribution < 1.29 is 19.1 Å². The minimum Gasteiger partial charge on any atom is -0.385 e. The first-order valence-corrected chi connectivity index (χ1v) is 11.9. The molecular weight excluding hydrogens is 430 g/mol. The number of methoxy groups -OCH3 is 1. The number of piperidine rings is 1. The number of likely N-dealkylation sites (tertiary alicyclic amines) is 1. The molecule has 1 fully saturated rings. The fraction of sp³-hybridized carbons (Fsp3) is 0.444. The Hall–Kier alpha value is -3.19. The standard InChI is InChI=1S/C27H35N3O4/c1-20-9-11-23(12-10-20)26(32)29-25(27(33)28-15-6-18-34-2)22-13-16-30(17-14-22)24(31)19-21-7-4-3-5-8-21/h3-5,7-12,22,25H,6,13-19H2,1-2H3,(H,28,33)(H,29,32). The zero-order valence-corrected chi connectivity index (χ0v) is 20.1. The molecule has 34 heavy (non-hydrogen) atoms. The maximum Gasteiger partial charge on any atom is 0.251 e. The van der Waals surface area contributed by atoms with E-state index < -0.39 is 6.04 Å². The fourth-order valence-corrected chi connectivity index (χ4v) is 4.23. The lowest BCUT2D eigenvalue weighted by atomic mass is 9.88. The molecule has 7 nitrogen and oxygen atoms in total. The maximum absolute atomic E-state index is 13.0. The second-order valence-corrected chi connectivity index (χ2v) is 8.84. The number of ether oxygens (including phenoxy) is 1. The van der Waals surface area contributed by atoms with Crippen molar-refractivity contribution in [2.45, 2.75) is 38.6 Å². The Morgan fingerprint density at radius 1 is 1.03 bits per heavy atom. The van der Waals surface area contributed by atoms with Crippen LogP contribution in [0.15, 0.2) is 54.6 Å². The van der Waals surface area contributed by atoms with Gasteiger partial charge in [-0.15, -0.1) is 0 Å². The Balaban J connectivity index is 1.61. The van der Waals surface area contributed by atoms with Crippen molar-refractivity contribution in [3.63, 3.8) is 0 Å². The van der Waals surface area contributed by atoms with Crippen molar-refractivity contribution in [2.24, 2.45) is 5.92 Å². The molecule has 0 aromatic heterocycles. The van der Waals surface area contributed by atoms with E-state index in [0.29, 0.717) is 57.5 Å². The number of benzene rings is 2. The monoisotopic (exact) mass is 465 g/mol. The summed E-state index contributed by atoms with van der Waals surface area (Å²) in [4.78, 5) is 40.5. The highest BCUT2D eigenvalue weighted by atomic mass is 16.5. The van der Waals surface area contributed by atoms with Crippen LogP contribution in [-0.4, -0.2) is 62.0 Å². The van der Waals surface area contributed by atoms with E-state index >= 15 is 0 Å². The molecule has 1 aliphatic rings. The van der Waals surface area contributed by atoms with Gasteiger partial charge in [0.1, 0.15) is 6.04 Å². The van der Waals surface area contributed by atoms with E-state index in [4.69, 9.17) is 4.74 Å². The molecule has 1 saturated heterocycles. The fourth-order valence-electron chi connectivity index (χ4n) is 4.23. The van der Waals surface area contributed by atoms with E-state index in [0.717, 1.165) is 11.1 Å². The predicted octanol–water partition coefficient (Wildman–Crippen LogP) is 2.73. The van der Waals surface area contributed by atoms with E-state index in [2.05, 4.69) is 10.6 Å². The van der Waals surface area contributed by atoms with E-state index in [1.165, 1.54) is 0 Å². The SMILES string of the molecule is COCCCNC(=O)C(NC(=O)c1ccc(C)cc1)C1CCN(C(=O)Cc2ccccc2)CC1. The van der Waals surface area contributed by atoms with E-state index in [1.807, 2.05) is 54.3 Å². The summed E-state index contributed by atoms with van der Waals surface area (Å²) < 4.78 is 5.05. The van der Waals surface area contributed by atoms with Gasteiger partial charge in [0.05, 0.1) is 6.42 Å². The Morgan fingerprint density at radius 2 is 1.71 bits per heavy atom. The molecule has 1 aliphatic heterocycles. The Morgan fingerprint density at radius 3 is 2.35 bits per heavy atom. The largest absolute Gasteiger partial charge is 0.385 e. The number of carbonyl (C=O) groups excluding carboxylic acids is 3. The lowest BCUT2D eigenvalue weighted by molar-refractivity contribution is -0.132. The molecule has 0 bridgehead atoms. The number of nitrogens with one attached hydrogen (secondary N) is 2. The molecular formula is C27H35N3O4. The average molecular weight is 466 g/mol. The first-order valence-electron chi connectivity index (χ1n) is 11.9. The molecule has 1 atom stereocenters. The Bertz CT molecular complexity index is 938. The average Bonchev–Trinajstić information content (AvgIpc) is 2.86. The summed E-state index contributed by atoms with van der Waals surface area (Å²) in [7, 11) is 1.62. The molecule has 1 unspecified atom stereocenters. The van der Waals surface area contributed by atoms with Gasteiger partial charge >= 0.3 is 0 Å². The molecule has 0 radical (unpaired) electrons. The normalized spacial score (nSPS) is 14.9. The van der Waals surface area contributed by atoms with Crippen LogP contribution in [0.4, 0.5) is 0 Å². The van der Waals surface area contributed by atoms with Crippen LogP contribution < -0.4 is 10.6 Å². The van der Waals surface area contributed by atoms with Crippen LogP contribution >= 0.6 is 0 Å². The van der Waals surface area contributed by atoms with Gasteiger partial charge in [-0.3, -0.25) is 14.4 Å². The second kappa shape index (κ2) is 12.9. The van der Waals surface area contributed by atoms with Gasteiger partial charge in [0.2, 0.25) is 11.8 Å². The van der Waals surface area contributed by atoms with Gasteiger partial charge in [0.25, 0.3) is 5.91 Å². The third kappa shape index (κ3) is 7.42. The van der Waals surface area contributed by atoms with Crippen molar-refractivity contribution in [3.8, 4) is 0 Å². The summed E-state index contributed by atoms with van der Waals surface area (Å²) in [6, 6.07) is 16.4. The van der Waals surface area contributed by atoms with Crippen molar-refractivity contribution in [1.82, 2.24) is 15.5 Å². The van der Waals surface area contributed by atoms with Gasteiger partial charge in [-0.05, 0) is 49.8 Å². The molecule has 0 saturated carbocycles. The highest BCUT2D eigenvalue weighted by molar-refractivity contribution is 5.97. The Labute approximate surface area is 201 Å². The molecule has 2 aromatic rings. The van der Waals surface area contributed by atoms with Crippen molar-refractivity contribution in [1.29, 1.82) is 0 Å². The zero-order valence-electron chi connectivity index (χ0n) is 20.1. The number of amides is 3. The van der Waals surface area contributed by atoms with Gasteiger partial charge in [-0.1, -0.05) is 48.0 Å². The lowest BCUT2D eigenvalue weighted by Crippen LogP contribution is -2.54. The van der Waals surface area contributed by atoms with Gasteiger partial charge in [0, 0.05) is 38.9 Å². The van der Waals surface area contributed by atoms with Crippen molar-refractivity contribution >= 4 is 17.7 Å². The summed E-state index contributed by atoms with van der Waals surface area (Å²) in [5.41, 5.74) is 2.59. The first kappa shape index (κ1) is 25.4. The molecule has 182 valence electrons. The summed E-state index contributed by atoms with van der Waals surface area (Å²) in [5, 5.41) is 5.89. The highest BCUT2D eigenvalue weighted by Crippen LogP contribution is 2.22. The number of hydrogen-bond acceptors (Lipinski definition) is 4. The minimum absolute atomic E-state index is 0.0439. The topological polar surface area (TPSA) is 87.7 Å². The predicted molar refractivity (Wildman–Crippen MR) is 131 cm³/mol. The van der Waals surface area contributed by atoms with Gasteiger partial charge in [-0.25, -0.2) is 0 Å². The van der Waals surface area contributed by atoms with Crippen LogP contribution in [0.1, 0.15) is 40.7 Å². The number of hydrogen-bond donors (Lipinski definition) is 2. The van der Waals surface area contributed by atoms with Gasteiger partial charge in [0.15, 0.2) is 0 Å². The van der Waals surface area contributed by atoms with Crippen molar-refractivity contribution in [3.05, 3.63) is 71.3 Å². The molecule has 0 aliphatic carbocycles. The van der Waals surface area contributed by atoms with Crippen LogP contribution in [0.25, 0.3) is 0 Å². The zero-order chi connectivity index (χ0) is 24.3. The summed E-state index contributed by atoms with van der Waals surface area (Å²) >= 11 is 0.